The minimum absolute atomic E-state index is 0.0664. The maximum absolute atomic E-state index is 8.96. The van der Waals surface area contributed by atoms with Crippen molar-refractivity contribution in [3.8, 4) is 0 Å². The number of amidine groups is 1. The minimum Gasteiger partial charge on any atom is -0.409 e. The number of fused-ring (bicyclic) bond motifs is 1. The smallest absolute Gasteiger partial charge is 0.201 e. The van der Waals surface area contributed by atoms with E-state index in [1.54, 1.807) is 6.07 Å². The number of rotatable bonds is 4. The van der Waals surface area contributed by atoms with Gasteiger partial charge in [-0.3, -0.25) is 4.90 Å². The highest BCUT2D eigenvalue weighted by Gasteiger charge is 2.32. The first kappa shape index (κ1) is 16.2. The number of benzene rings is 1. The Kier molecular flexibility index (Phi) is 4.46. The molecule has 1 aromatic carbocycles. The van der Waals surface area contributed by atoms with Gasteiger partial charge in [-0.05, 0) is 44.5 Å². The first-order valence-corrected chi connectivity index (χ1v) is 8.81. The molecular weight excluding hydrogens is 320 g/mol. The molecule has 8 nitrogen and oxygen atoms in total. The van der Waals surface area contributed by atoms with Crippen molar-refractivity contribution < 1.29 is 9.94 Å². The molecule has 4 rings (SSSR count). The van der Waals surface area contributed by atoms with Crippen LogP contribution < -0.4 is 11.1 Å². The number of nitrogens with two attached hydrogens (primary N) is 1. The lowest BCUT2D eigenvalue weighted by molar-refractivity contribution is 0.0316. The third kappa shape index (κ3) is 3.14. The predicted molar refractivity (Wildman–Crippen MR) is 96.0 cm³/mol. The van der Waals surface area contributed by atoms with Crippen LogP contribution in [0.4, 0.5) is 5.95 Å². The summed E-state index contributed by atoms with van der Waals surface area (Å²) >= 11 is 0. The molecule has 0 saturated carbocycles. The Balaban J connectivity index is 1.59. The van der Waals surface area contributed by atoms with Gasteiger partial charge in [-0.1, -0.05) is 11.2 Å². The highest BCUT2D eigenvalue weighted by atomic mass is 16.5. The number of hydrogen-bond acceptors (Lipinski definition) is 6. The molecule has 0 amide bonds. The fourth-order valence-electron chi connectivity index (χ4n) is 3.92. The number of aromatic nitrogens is 2. The van der Waals surface area contributed by atoms with Crippen LogP contribution in [0.15, 0.2) is 23.4 Å². The SMILES string of the molecule is NC(=NO)c1cccc2nc(NC3COCCC3N3CCCC3)[nH]c12. The summed E-state index contributed by atoms with van der Waals surface area (Å²) in [6.45, 7) is 3.81. The van der Waals surface area contributed by atoms with E-state index in [0.717, 1.165) is 37.2 Å². The molecule has 2 atom stereocenters. The maximum Gasteiger partial charge on any atom is 0.201 e. The lowest BCUT2D eigenvalue weighted by Gasteiger charge is -2.38. The van der Waals surface area contributed by atoms with Crippen molar-refractivity contribution in [2.75, 3.05) is 31.6 Å². The Labute approximate surface area is 146 Å². The Hall–Kier alpha value is -2.32. The highest BCUT2D eigenvalue weighted by Crippen LogP contribution is 2.24. The topological polar surface area (TPSA) is 112 Å². The summed E-state index contributed by atoms with van der Waals surface area (Å²) in [5, 5.41) is 15.6. The molecule has 0 bridgehead atoms. The van der Waals surface area contributed by atoms with Crippen LogP contribution in [0.3, 0.4) is 0 Å². The quantitative estimate of drug-likeness (QED) is 0.288. The first-order valence-electron chi connectivity index (χ1n) is 8.81. The largest absolute Gasteiger partial charge is 0.409 e. The van der Waals surface area contributed by atoms with Crippen LogP contribution in [-0.2, 0) is 4.74 Å². The van der Waals surface area contributed by atoms with Gasteiger partial charge in [0.25, 0.3) is 0 Å². The number of para-hydroxylation sites is 1. The van der Waals surface area contributed by atoms with Crippen molar-refractivity contribution in [1.29, 1.82) is 0 Å². The molecule has 134 valence electrons. The van der Waals surface area contributed by atoms with Gasteiger partial charge in [0, 0.05) is 18.2 Å². The van der Waals surface area contributed by atoms with Crippen LogP contribution in [0.1, 0.15) is 24.8 Å². The molecule has 3 heterocycles. The molecule has 5 N–H and O–H groups in total. The monoisotopic (exact) mass is 344 g/mol. The van der Waals surface area contributed by atoms with E-state index in [-0.39, 0.29) is 11.9 Å². The Bertz CT molecular complexity index is 768. The Morgan fingerprint density at radius 2 is 2.24 bits per heavy atom. The predicted octanol–water partition coefficient (Wildman–Crippen LogP) is 1.32. The fraction of sp³-hybridized carbons (Fsp3) is 0.529. The molecule has 2 aliphatic heterocycles. The number of H-pyrrole nitrogens is 1. The number of oxime groups is 1. The molecule has 8 heteroatoms. The minimum atomic E-state index is 0.0664. The van der Waals surface area contributed by atoms with E-state index in [4.69, 9.17) is 15.7 Å². The third-order valence-corrected chi connectivity index (χ3v) is 5.15. The number of nitrogens with one attached hydrogen (secondary N) is 2. The van der Waals surface area contributed by atoms with Crippen LogP contribution in [0.5, 0.6) is 0 Å². The van der Waals surface area contributed by atoms with E-state index in [0.29, 0.717) is 24.2 Å². The average Bonchev–Trinajstić information content (AvgIpc) is 3.30. The molecule has 0 aliphatic carbocycles. The summed E-state index contributed by atoms with van der Waals surface area (Å²) in [6.07, 6.45) is 3.59. The normalized spacial score (nSPS) is 25.5. The van der Waals surface area contributed by atoms with E-state index in [2.05, 4.69) is 25.3 Å². The summed E-state index contributed by atoms with van der Waals surface area (Å²) in [7, 11) is 0. The number of imidazole rings is 1. The molecule has 0 spiro atoms. The number of likely N-dealkylation sites (tertiary alicyclic amines) is 1. The van der Waals surface area contributed by atoms with E-state index in [9.17, 15) is 0 Å². The lowest BCUT2D eigenvalue weighted by atomic mass is 10.0. The van der Waals surface area contributed by atoms with Crippen molar-refractivity contribution in [3.05, 3.63) is 23.8 Å². The van der Waals surface area contributed by atoms with Crippen molar-refractivity contribution in [3.63, 3.8) is 0 Å². The zero-order valence-electron chi connectivity index (χ0n) is 14.1. The first-order chi connectivity index (χ1) is 12.3. The summed E-state index contributed by atoms with van der Waals surface area (Å²) < 4.78 is 5.69. The summed E-state index contributed by atoms with van der Waals surface area (Å²) in [6, 6.07) is 6.21. The second-order valence-electron chi connectivity index (χ2n) is 6.70. The number of aromatic amines is 1. The maximum atomic E-state index is 8.96. The molecule has 1 aromatic heterocycles. The molecule has 2 aliphatic rings. The van der Waals surface area contributed by atoms with Gasteiger partial charge in [0.05, 0.1) is 23.7 Å². The van der Waals surface area contributed by atoms with Crippen LogP contribution >= 0.6 is 0 Å². The van der Waals surface area contributed by atoms with Crippen LogP contribution in [0.2, 0.25) is 0 Å². The van der Waals surface area contributed by atoms with Crippen molar-refractivity contribution >= 4 is 22.8 Å². The molecule has 2 unspecified atom stereocenters. The third-order valence-electron chi connectivity index (χ3n) is 5.15. The van der Waals surface area contributed by atoms with Gasteiger partial charge in [0.1, 0.15) is 0 Å². The zero-order chi connectivity index (χ0) is 17.2. The van der Waals surface area contributed by atoms with Crippen LogP contribution in [-0.4, -0.2) is 64.3 Å². The molecule has 25 heavy (non-hydrogen) atoms. The highest BCUT2D eigenvalue weighted by molar-refractivity contribution is 6.07. The molecular formula is C17H24N6O2. The van der Waals surface area contributed by atoms with Gasteiger partial charge in [-0.2, -0.15) is 0 Å². The number of hydrogen-bond donors (Lipinski definition) is 4. The van der Waals surface area contributed by atoms with Gasteiger partial charge in [0.15, 0.2) is 5.84 Å². The summed E-state index contributed by atoms with van der Waals surface area (Å²) in [5.41, 5.74) is 7.94. The van der Waals surface area contributed by atoms with E-state index >= 15 is 0 Å². The standard InChI is InChI=1S/C17H24N6O2/c18-16(22-24)11-4-3-5-12-15(11)21-17(19-12)20-13-10-25-9-6-14(13)23-7-1-2-8-23/h3-5,13-14,24H,1-2,6-10H2,(H2,18,22)(H2,19,20,21). The van der Waals surface area contributed by atoms with Gasteiger partial charge < -0.3 is 26.0 Å². The number of anilines is 1. The molecule has 2 saturated heterocycles. The van der Waals surface area contributed by atoms with E-state index < -0.39 is 0 Å². The van der Waals surface area contributed by atoms with E-state index in [1.165, 1.54) is 12.8 Å². The van der Waals surface area contributed by atoms with E-state index in [1.807, 2.05) is 12.1 Å². The summed E-state index contributed by atoms with van der Waals surface area (Å²) in [5.74, 6) is 0.754. The average molecular weight is 344 g/mol. The van der Waals surface area contributed by atoms with Crippen molar-refractivity contribution in [2.45, 2.75) is 31.3 Å². The Morgan fingerprint density at radius 3 is 3.04 bits per heavy atom. The van der Waals surface area contributed by atoms with Crippen LogP contribution in [0, 0.1) is 0 Å². The van der Waals surface area contributed by atoms with Crippen molar-refractivity contribution in [2.24, 2.45) is 10.9 Å². The Morgan fingerprint density at radius 1 is 1.40 bits per heavy atom. The number of nitrogens with zero attached hydrogens (tertiary/aromatic N) is 3. The van der Waals surface area contributed by atoms with Gasteiger partial charge >= 0.3 is 0 Å². The molecule has 0 radical (unpaired) electrons. The van der Waals surface area contributed by atoms with Gasteiger partial charge in [-0.15, -0.1) is 0 Å². The van der Waals surface area contributed by atoms with Gasteiger partial charge in [-0.25, -0.2) is 4.98 Å². The van der Waals surface area contributed by atoms with Gasteiger partial charge in [0.2, 0.25) is 5.95 Å². The second kappa shape index (κ2) is 6.89. The molecule has 2 aromatic rings. The van der Waals surface area contributed by atoms with Crippen LogP contribution in [0.25, 0.3) is 11.0 Å². The zero-order valence-corrected chi connectivity index (χ0v) is 14.1. The summed E-state index contributed by atoms with van der Waals surface area (Å²) in [4.78, 5) is 10.4. The number of ether oxygens (including phenoxy) is 1. The molecule has 2 fully saturated rings. The fourth-order valence-corrected chi connectivity index (χ4v) is 3.92. The van der Waals surface area contributed by atoms with Crippen molar-refractivity contribution in [1.82, 2.24) is 14.9 Å². The second-order valence-corrected chi connectivity index (χ2v) is 6.70. The lowest BCUT2D eigenvalue weighted by Crippen LogP contribution is -2.51.